The molecule has 0 fully saturated rings. The van der Waals surface area contributed by atoms with Crippen molar-refractivity contribution < 1.29 is 0 Å². The van der Waals surface area contributed by atoms with Gasteiger partial charge in [-0.1, -0.05) is 42.0 Å². The fourth-order valence-corrected chi connectivity index (χ4v) is 3.83. The second kappa shape index (κ2) is 7.13. The highest BCUT2D eigenvalue weighted by Gasteiger charge is 2.09. The highest BCUT2D eigenvalue weighted by atomic mass is 14.1. The van der Waals surface area contributed by atoms with Crippen LogP contribution in [0.15, 0.2) is 36.4 Å². The van der Waals surface area contributed by atoms with Crippen LogP contribution in [0.5, 0.6) is 0 Å². The van der Waals surface area contributed by atoms with Crippen LogP contribution in [0.1, 0.15) is 59.1 Å². The van der Waals surface area contributed by atoms with Crippen LogP contribution < -0.4 is 0 Å². The predicted octanol–water partition coefficient (Wildman–Crippen LogP) is 5.75. The Kier molecular flexibility index (Phi) is 4.97. The number of aryl methyl sites for hydroxylation is 5. The van der Waals surface area contributed by atoms with E-state index < -0.39 is 0 Å². The fourth-order valence-electron chi connectivity index (χ4n) is 3.83. The number of hydrogen-bond acceptors (Lipinski definition) is 0. The largest absolute Gasteiger partial charge is 0.0617 e. The van der Waals surface area contributed by atoms with E-state index in [-0.39, 0.29) is 0 Å². The van der Waals surface area contributed by atoms with E-state index in [2.05, 4.69) is 50.2 Å². The molecule has 0 heteroatoms. The smallest absolute Gasteiger partial charge is 0.0273 e. The van der Waals surface area contributed by atoms with Crippen LogP contribution in [-0.2, 0) is 25.7 Å². The molecule has 0 amide bonds. The Labute approximate surface area is 135 Å². The van der Waals surface area contributed by atoms with E-state index in [0.717, 1.165) is 0 Å². The summed E-state index contributed by atoms with van der Waals surface area (Å²) < 4.78 is 0. The fraction of sp³-hybridized carbons (Fsp3) is 0.455. The maximum absolute atomic E-state index is 2.34. The summed E-state index contributed by atoms with van der Waals surface area (Å²) in [5.74, 6) is 0. The lowest BCUT2D eigenvalue weighted by atomic mass is 9.89. The van der Waals surface area contributed by atoms with E-state index in [1.54, 1.807) is 22.3 Å². The topological polar surface area (TPSA) is 0 Å². The van der Waals surface area contributed by atoms with Crippen LogP contribution >= 0.6 is 0 Å². The van der Waals surface area contributed by atoms with Gasteiger partial charge in [-0.05, 0) is 93.0 Å². The van der Waals surface area contributed by atoms with Crippen LogP contribution in [0.3, 0.4) is 0 Å². The van der Waals surface area contributed by atoms with Crippen molar-refractivity contribution in [3.8, 4) is 0 Å². The molecule has 116 valence electrons. The zero-order chi connectivity index (χ0) is 15.4. The normalized spacial score (nSPS) is 16.1. The molecule has 0 heterocycles. The summed E-state index contributed by atoms with van der Waals surface area (Å²) in [6, 6.07) is 13.5. The van der Waals surface area contributed by atoms with Gasteiger partial charge < -0.3 is 0 Å². The predicted molar refractivity (Wildman–Crippen MR) is 95.6 cm³/mol. The molecule has 0 N–H and O–H groups in total. The van der Waals surface area contributed by atoms with Crippen molar-refractivity contribution in [2.24, 2.45) is 0 Å². The average Bonchev–Trinajstić information content (AvgIpc) is 2.56. The molecule has 2 aliphatic rings. The van der Waals surface area contributed by atoms with E-state index >= 15 is 0 Å². The molecule has 0 atom stereocenters. The van der Waals surface area contributed by atoms with Crippen LogP contribution in [0.25, 0.3) is 0 Å². The molecule has 2 aromatic rings. The number of rotatable bonds is 0. The quantitative estimate of drug-likeness (QED) is 0.580. The molecule has 0 nitrogen and oxygen atoms in total. The lowest BCUT2D eigenvalue weighted by Gasteiger charge is -2.17. The van der Waals surface area contributed by atoms with Gasteiger partial charge in [-0.3, -0.25) is 0 Å². The summed E-state index contributed by atoms with van der Waals surface area (Å²) in [4.78, 5) is 0. The second-order valence-corrected chi connectivity index (χ2v) is 6.90. The van der Waals surface area contributed by atoms with Gasteiger partial charge in [-0.15, -0.1) is 0 Å². The Balaban J connectivity index is 0.000000131. The van der Waals surface area contributed by atoms with E-state index in [1.165, 1.54) is 62.5 Å². The number of hydrogen-bond donors (Lipinski definition) is 0. The first-order valence-corrected chi connectivity index (χ1v) is 8.90. The number of fused-ring (bicyclic) bond motifs is 2. The van der Waals surface area contributed by atoms with Crippen molar-refractivity contribution in [3.05, 3.63) is 69.8 Å². The molecule has 0 bridgehead atoms. The minimum atomic E-state index is 1.30. The molecule has 0 unspecified atom stereocenters. The van der Waals surface area contributed by atoms with Crippen LogP contribution in [0, 0.1) is 13.8 Å². The van der Waals surface area contributed by atoms with Gasteiger partial charge in [0.1, 0.15) is 0 Å². The lowest BCUT2D eigenvalue weighted by Crippen LogP contribution is -2.03. The summed E-state index contributed by atoms with van der Waals surface area (Å²) in [6.07, 6.45) is 10.8. The first-order valence-electron chi connectivity index (χ1n) is 8.90. The van der Waals surface area contributed by atoms with Crippen molar-refractivity contribution in [2.75, 3.05) is 0 Å². The molecular weight excluding hydrogens is 264 g/mol. The average molecular weight is 292 g/mol. The van der Waals surface area contributed by atoms with Crippen LogP contribution in [-0.4, -0.2) is 0 Å². The van der Waals surface area contributed by atoms with E-state index in [4.69, 9.17) is 0 Å². The third-order valence-electron chi connectivity index (χ3n) is 5.13. The van der Waals surface area contributed by atoms with Crippen molar-refractivity contribution in [3.63, 3.8) is 0 Å². The number of benzene rings is 2. The molecule has 2 aliphatic carbocycles. The molecule has 0 aromatic heterocycles. The monoisotopic (exact) mass is 292 g/mol. The second-order valence-electron chi connectivity index (χ2n) is 6.90. The van der Waals surface area contributed by atoms with E-state index in [9.17, 15) is 0 Å². The molecule has 4 rings (SSSR count). The van der Waals surface area contributed by atoms with Crippen molar-refractivity contribution >= 4 is 0 Å². The summed E-state index contributed by atoms with van der Waals surface area (Å²) in [5, 5.41) is 0. The maximum Gasteiger partial charge on any atom is -0.0273 e. The van der Waals surface area contributed by atoms with Crippen molar-refractivity contribution in [1.82, 2.24) is 0 Å². The third kappa shape index (κ3) is 3.61. The van der Waals surface area contributed by atoms with Gasteiger partial charge in [-0.25, -0.2) is 0 Å². The van der Waals surface area contributed by atoms with Gasteiger partial charge in [0.15, 0.2) is 0 Å². The Hall–Kier alpha value is -1.56. The van der Waals surface area contributed by atoms with E-state index in [1.807, 2.05) is 0 Å². The van der Waals surface area contributed by atoms with Gasteiger partial charge in [0.2, 0.25) is 0 Å². The molecule has 0 radical (unpaired) electrons. The highest BCUT2D eigenvalue weighted by molar-refractivity contribution is 5.36. The third-order valence-corrected chi connectivity index (χ3v) is 5.13. The van der Waals surface area contributed by atoms with Gasteiger partial charge in [-0.2, -0.15) is 0 Å². The molecular formula is C22H28. The Morgan fingerprint density at radius 2 is 1.32 bits per heavy atom. The van der Waals surface area contributed by atoms with Crippen LogP contribution in [0.2, 0.25) is 0 Å². The minimum absolute atomic E-state index is 1.30. The zero-order valence-electron chi connectivity index (χ0n) is 14.1. The molecule has 0 spiro atoms. The van der Waals surface area contributed by atoms with Gasteiger partial charge in [0.25, 0.3) is 0 Å². The summed E-state index contributed by atoms with van der Waals surface area (Å²) in [7, 11) is 0. The first-order chi connectivity index (χ1) is 10.7. The zero-order valence-corrected chi connectivity index (χ0v) is 14.1. The summed E-state index contributed by atoms with van der Waals surface area (Å²) in [6.45, 7) is 4.40. The standard InChI is InChI=1S/2C11H14/c1-9-5-4-7-10-6-2-3-8-11(9)10;1-9-6-7-10-4-2-3-5-11(10)8-9/h4-5,7H,2-3,6,8H2,1H3;6-8H,2-5H2,1H3. The molecule has 0 aliphatic heterocycles. The molecule has 22 heavy (non-hydrogen) atoms. The van der Waals surface area contributed by atoms with Crippen molar-refractivity contribution in [1.29, 1.82) is 0 Å². The lowest BCUT2D eigenvalue weighted by molar-refractivity contribution is 0.682. The Bertz CT molecular complexity index is 634. The van der Waals surface area contributed by atoms with Crippen molar-refractivity contribution in [2.45, 2.75) is 65.2 Å². The van der Waals surface area contributed by atoms with Gasteiger partial charge >= 0.3 is 0 Å². The first kappa shape index (κ1) is 15.3. The van der Waals surface area contributed by atoms with Crippen LogP contribution in [0.4, 0.5) is 0 Å². The molecule has 0 saturated heterocycles. The Morgan fingerprint density at radius 3 is 2.09 bits per heavy atom. The SMILES string of the molecule is Cc1ccc2c(c1)CCCC2.Cc1cccc2c1CCCC2. The van der Waals surface area contributed by atoms with Gasteiger partial charge in [0, 0.05) is 0 Å². The minimum Gasteiger partial charge on any atom is -0.0617 e. The highest BCUT2D eigenvalue weighted by Crippen LogP contribution is 2.23. The maximum atomic E-state index is 2.34. The molecule has 0 saturated carbocycles. The summed E-state index contributed by atoms with van der Waals surface area (Å²) in [5.41, 5.74) is 9.29. The van der Waals surface area contributed by atoms with Gasteiger partial charge in [0.05, 0.1) is 0 Å². The molecule has 2 aromatic carbocycles. The summed E-state index contributed by atoms with van der Waals surface area (Å²) >= 11 is 0. The van der Waals surface area contributed by atoms with E-state index in [0.29, 0.717) is 0 Å². The Morgan fingerprint density at radius 1 is 0.636 bits per heavy atom.